The molecule has 0 saturated carbocycles. The Morgan fingerprint density at radius 2 is 0.554 bits per heavy atom. The van der Waals surface area contributed by atoms with Gasteiger partial charge in [-0.2, -0.15) is 0 Å². The molecule has 9 aromatic rings. The Morgan fingerprint density at radius 1 is 0.250 bits per heavy atom. The summed E-state index contributed by atoms with van der Waals surface area (Å²) in [6.07, 6.45) is 0. The molecule has 2 N–H and O–H groups in total. The number of hydrogen-bond acceptors (Lipinski definition) is 2. The highest BCUT2D eigenvalue weighted by Gasteiger charge is 2.22. The average molecular weight is 717 g/mol. The SMILES string of the molecule is Nc1c(-c2ccc(-c3ccccc3)cc2)cc(-c2ccccc2)c(-c2ccc(N(c3ccccc3)c3ccc(-c4ccccc4)cc3)cc2)c1-c1ccccc1. The second-order valence-electron chi connectivity index (χ2n) is 13.9. The minimum absolute atomic E-state index is 0.756. The van der Waals surface area contributed by atoms with Gasteiger partial charge in [-0.25, -0.2) is 0 Å². The van der Waals surface area contributed by atoms with Crippen molar-refractivity contribution < 1.29 is 0 Å². The van der Waals surface area contributed by atoms with Gasteiger partial charge in [-0.1, -0.05) is 188 Å². The van der Waals surface area contributed by atoms with Gasteiger partial charge in [0.25, 0.3) is 0 Å². The van der Waals surface area contributed by atoms with E-state index in [1.54, 1.807) is 0 Å². The van der Waals surface area contributed by atoms with Crippen molar-refractivity contribution in [3.8, 4) is 66.8 Å². The van der Waals surface area contributed by atoms with Crippen LogP contribution < -0.4 is 10.6 Å². The van der Waals surface area contributed by atoms with Gasteiger partial charge in [0, 0.05) is 33.9 Å². The maximum absolute atomic E-state index is 7.36. The Morgan fingerprint density at radius 3 is 1.04 bits per heavy atom. The van der Waals surface area contributed by atoms with Crippen molar-refractivity contribution in [3.05, 3.63) is 231 Å². The molecule has 0 spiro atoms. The maximum atomic E-state index is 7.36. The lowest BCUT2D eigenvalue weighted by atomic mass is 9.83. The lowest BCUT2D eigenvalue weighted by molar-refractivity contribution is 1.28. The summed E-state index contributed by atoms with van der Waals surface area (Å²) in [4.78, 5) is 2.31. The Kier molecular flexibility index (Phi) is 9.52. The third kappa shape index (κ3) is 6.88. The van der Waals surface area contributed by atoms with E-state index < -0.39 is 0 Å². The van der Waals surface area contributed by atoms with E-state index in [2.05, 4.69) is 229 Å². The van der Waals surface area contributed by atoms with Crippen LogP contribution in [0.2, 0.25) is 0 Å². The van der Waals surface area contributed by atoms with Gasteiger partial charge in [0.2, 0.25) is 0 Å². The van der Waals surface area contributed by atoms with Crippen LogP contribution >= 0.6 is 0 Å². The molecule has 0 bridgehead atoms. The zero-order chi connectivity index (χ0) is 37.7. The zero-order valence-electron chi connectivity index (χ0n) is 31.0. The molecule has 0 fully saturated rings. The van der Waals surface area contributed by atoms with Gasteiger partial charge in [0.15, 0.2) is 0 Å². The molecular formula is C54H40N2. The quantitative estimate of drug-likeness (QED) is 0.151. The van der Waals surface area contributed by atoms with E-state index >= 15 is 0 Å². The second kappa shape index (κ2) is 15.5. The minimum Gasteiger partial charge on any atom is -0.398 e. The molecule has 0 heterocycles. The van der Waals surface area contributed by atoms with Crippen LogP contribution in [0.15, 0.2) is 231 Å². The lowest BCUT2D eigenvalue weighted by Gasteiger charge is -2.26. The average Bonchev–Trinajstić information content (AvgIpc) is 3.28. The van der Waals surface area contributed by atoms with Crippen molar-refractivity contribution in [1.82, 2.24) is 0 Å². The molecule has 2 heteroatoms. The third-order valence-electron chi connectivity index (χ3n) is 10.5. The predicted molar refractivity (Wildman–Crippen MR) is 238 cm³/mol. The van der Waals surface area contributed by atoms with Crippen LogP contribution in [-0.2, 0) is 0 Å². The molecule has 0 unspecified atom stereocenters. The molecule has 56 heavy (non-hydrogen) atoms. The van der Waals surface area contributed by atoms with Gasteiger partial charge in [-0.05, 0) is 98.1 Å². The van der Waals surface area contributed by atoms with Crippen molar-refractivity contribution in [2.24, 2.45) is 0 Å². The molecule has 9 aromatic carbocycles. The Labute approximate surface area is 329 Å². The third-order valence-corrected chi connectivity index (χ3v) is 10.5. The standard InChI is InChI=1S/C54H40N2/c55-54-51(44-28-26-41(27-29-44)39-16-6-1-7-17-39)38-50(43-20-10-3-11-21-43)52(53(54)45-22-12-4-13-23-45)46-32-36-49(37-33-46)56(47-24-14-5-15-25-47)48-34-30-42(31-35-48)40-18-8-2-9-19-40/h1-38H,55H2. The number of para-hydroxylation sites is 1. The molecule has 9 rings (SSSR count). The van der Waals surface area contributed by atoms with E-state index in [1.807, 2.05) is 6.07 Å². The molecule has 0 aliphatic heterocycles. The van der Waals surface area contributed by atoms with Crippen LogP contribution in [0.25, 0.3) is 66.8 Å². The molecule has 0 saturated heterocycles. The number of nitrogens with zero attached hydrogens (tertiary/aromatic N) is 1. The van der Waals surface area contributed by atoms with Crippen molar-refractivity contribution >= 4 is 22.7 Å². The van der Waals surface area contributed by atoms with Gasteiger partial charge < -0.3 is 10.6 Å². The number of nitrogens with two attached hydrogens (primary N) is 1. The topological polar surface area (TPSA) is 29.3 Å². The first-order chi connectivity index (χ1) is 27.7. The Bertz CT molecular complexity index is 2670. The maximum Gasteiger partial charge on any atom is 0.0480 e. The van der Waals surface area contributed by atoms with Gasteiger partial charge in [0.05, 0.1) is 0 Å². The summed E-state index contributed by atoms with van der Waals surface area (Å²) in [5.74, 6) is 0. The van der Waals surface area contributed by atoms with E-state index in [4.69, 9.17) is 5.73 Å². The second-order valence-corrected chi connectivity index (χ2v) is 13.9. The first-order valence-electron chi connectivity index (χ1n) is 19.1. The van der Waals surface area contributed by atoms with Crippen molar-refractivity contribution in [1.29, 1.82) is 0 Å². The van der Waals surface area contributed by atoms with Crippen molar-refractivity contribution in [2.45, 2.75) is 0 Å². The highest BCUT2D eigenvalue weighted by atomic mass is 15.1. The molecule has 0 aliphatic rings. The highest BCUT2D eigenvalue weighted by molar-refractivity contribution is 6.05. The molecule has 0 amide bonds. The fourth-order valence-corrected chi connectivity index (χ4v) is 7.69. The fourth-order valence-electron chi connectivity index (χ4n) is 7.69. The highest BCUT2D eigenvalue weighted by Crippen LogP contribution is 2.48. The Hall–Kier alpha value is -7.42. The first kappa shape index (κ1) is 34.4. The van der Waals surface area contributed by atoms with Gasteiger partial charge in [0.1, 0.15) is 0 Å². The van der Waals surface area contributed by atoms with E-state index in [9.17, 15) is 0 Å². The van der Waals surface area contributed by atoms with E-state index in [0.717, 1.165) is 67.3 Å². The molecule has 2 nitrogen and oxygen atoms in total. The summed E-state index contributed by atoms with van der Waals surface area (Å²) in [5, 5.41) is 0. The summed E-state index contributed by atoms with van der Waals surface area (Å²) in [6.45, 7) is 0. The van der Waals surface area contributed by atoms with E-state index in [0.29, 0.717) is 0 Å². The number of rotatable bonds is 9. The normalized spacial score (nSPS) is 10.9. The first-order valence-corrected chi connectivity index (χ1v) is 19.1. The number of benzene rings is 9. The summed E-state index contributed by atoms with van der Waals surface area (Å²) in [6, 6.07) is 81.6. The lowest BCUT2D eigenvalue weighted by Crippen LogP contribution is -2.09. The van der Waals surface area contributed by atoms with Crippen LogP contribution in [0.3, 0.4) is 0 Å². The number of anilines is 4. The summed E-state index contributed by atoms with van der Waals surface area (Å²) < 4.78 is 0. The van der Waals surface area contributed by atoms with Gasteiger partial charge >= 0.3 is 0 Å². The Balaban J connectivity index is 1.19. The largest absolute Gasteiger partial charge is 0.398 e. The minimum atomic E-state index is 0.756. The summed E-state index contributed by atoms with van der Waals surface area (Å²) in [7, 11) is 0. The summed E-state index contributed by atoms with van der Waals surface area (Å²) >= 11 is 0. The molecule has 0 atom stereocenters. The van der Waals surface area contributed by atoms with Crippen LogP contribution in [0.5, 0.6) is 0 Å². The van der Waals surface area contributed by atoms with Crippen molar-refractivity contribution in [3.63, 3.8) is 0 Å². The smallest absolute Gasteiger partial charge is 0.0480 e. The molecule has 0 aliphatic carbocycles. The molecule has 266 valence electrons. The predicted octanol–water partition coefficient (Wildman–Crippen LogP) is 14.7. The molecule has 0 aromatic heterocycles. The monoisotopic (exact) mass is 716 g/mol. The van der Waals surface area contributed by atoms with Crippen LogP contribution in [0.1, 0.15) is 0 Å². The molecule has 0 radical (unpaired) electrons. The van der Waals surface area contributed by atoms with Crippen molar-refractivity contribution in [2.75, 3.05) is 10.6 Å². The number of hydrogen-bond donors (Lipinski definition) is 1. The molecular weight excluding hydrogens is 677 g/mol. The van der Waals surface area contributed by atoms with E-state index in [1.165, 1.54) is 22.3 Å². The van der Waals surface area contributed by atoms with Crippen LogP contribution in [0.4, 0.5) is 22.7 Å². The van der Waals surface area contributed by atoms with Crippen LogP contribution in [0, 0.1) is 0 Å². The van der Waals surface area contributed by atoms with Gasteiger partial charge in [-0.15, -0.1) is 0 Å². The summed E-state index contributed by atoms with van der Waals surface area (Å²) in [5.41, 5.74) is 24.8. The zero-order valence-corrected chi connectivity index (χ0v) is 31.0. The van der Waals surface area contributed by atoms with E-state index in [-0.39, 0.29) is 0 Å². The fraction of sp³-hybridized carbons (Fsp3) is 0. The van der Waals surface area contributed by atoms with Crippen LogP contribution in [-0.4, -0.2) is 0 Å². The van der Waals surface area contributed by atoms with Gasteiger partial charge in [-0.3, -0.25) is 0 Å². The number of nitrogen functional groups attached to an aromatic ring is 1.